The highest BCUT2D eigenvalue weighted by atomic mass is 32.2. The Morgan fingerprint density at radius 1 is 1.03 bits per heavy atom. The molecule has 2 N–H and O–H groups in total. The van der Waals surface area contributed by atoms with Gasteiger partial charge < -0.3 is 14.5 Å². The molecule has 2 aromatic carbocycles. The minimum absolute atomic E-state index is 0.0715. The number of methoxy groups -OCH3 is 1. The Balaban J connectivity index is 1.66. The van der Waals surface area contributed by atoms with Gasteiger partial charge in [0, 0.05) is 24.9 Å². The zero-order valence-electron chi connectivity index (χ0n) is 15.5. The van der Waals surface area contributed by atoms with E-state index in [1.165, 1.54) is 49.6 Å². The third-order valence-electron chi connectivity index (χ3n) is 3.98. The lowest BCUT2D eigenvalue weighted by molar-refractivity contribution is 0.0997. The van der Waals surface area contributed by atoms with E-state index in [1.54, 1.807) is 18.2 Å². The van der Waals surface area contributed by atoms with Gasteiger partial charge in [-0.15, -0.1) is 0 Å². The predicted molar refractivity (Wildman–Crippen MR) is 106 cm³/mol. The fourth-order valence-electron chi connectivity index (χ4n) is 2.50. The van der Waals surface area contributed by atoms with E-state index in [1.807, 2.05) is 0 Å². The topological polar surface area (TPSA) is 97.6 Å². The van der Waals surface area contributed by atoms with Gasteiger partial charge in [0.1, 0.15) is 11.6 Å². The summed E-state index contributed by atoms with van der Waals surface area (Å²) in [5.41, 5.74) is 1.05. The number of hydrogen-bond acceptors (Lipinski definition) is 5. The minimum Gasteiger partial charge on any atom is -0.451 e. The molecule has 0 spiro atoms. The lowest BCUT2D eigenvalue weighted by Crippen LogP contribution is -2.27. The van der Waals surface area contributed by atoms with Gasteiger partial charge >= 0.3 is 0 Å². The lowest BCUT2D eigenvalue weighted by atomic mass is 10.2. The normalized spacial score (nSPS) is 11.4. The Morgan fingerprint density at radius 3 is 2.38 bits per heavy atom. The smallest absolute Gasteiger partial charge is 0.291 e. The van der Waals surface area contributed by atoms with Crippen molar-refractivity contribution in [2.45, 2.75) is 4.90 Å². The first-order valence-corrected chi connectivity index (χ1v) is 10.1. The van der Waals surface area contributed by atoms with E-state index in [-0.39, 0.29) is 29.6 Å². The lowest BCUT2D eigenvalue weighted by Gasteiger charge is -2.08. The highest BCUT2D eigenvalue weighted by molar-refractivity contribution is 7.89. The highest BCUT2D eigenvalue weighted by Crippen LogP contribution is 2.23. The van der Waals surface area contributed by atoms with Crippen LogP contribution in [-0.4, -0.2) is 34.6 Å². The number of ether oxygens (including phenoxy) is 1. The summed E-state index contributed by atoms with van der Waals surface area (Å²) in [6, 6.07) is 14.6. The van der Waals surface area contributed by atoms with Gasteiger partial charge in [0.2, 0.25) is 10.0 Å². The van der Waals surface area contributed by atoms with E-state index in [2.05, 4.69) is 10.0 Å². The molecule has 9 heteroatoms. The molecule has 0 atom stereocenters. The molecule has 3 aromatic rings. The fourth-order valence-corrected chi connectivity index (χ4v) is 3.51. The zero-order valence-corrected chi connectivity index (χ0v) is 16.3. The molecular formula is C20H19FN2O5S. The van der Waals surface area contributed by atoms with Crippen LogP contribution in [0.2, 0.25) is 0 Å². The Labute approximate surface area is 167 Å². The Kier molecular flexibility index (Phi) is 6.42. The summed E-state index contributed by atoms with van der Waals surface area (Å²) in [6.45, 7) is 0.419. The van der Waals surface area contributed by atoms with E-state index in [0.717, 1.165) is 0 Å². The summed E-state index contributed by atoms with van der Waals surface area (Å²) >= 11 is 0. The van der Waals surface area contributed by atoms with Gasteiger partial charge in [-0.25, -0.2) is 17.5 Å². The molecule has 29 heavy (non-hydrogen) atoms. The molecule has 0 aliphatic heterocycles. The van der Waals surface area contributed by atoms with E-state index in [9.17, 15) is 17.6 Å². The number of rotatable bonds is 8. The van der Waals surface area contributed by atoms with Crippen LogP contribution in [0.4, 0.5) is 10.1 Å². The first-order chi connectivity index (χ1) is 13.9. The number of anilines is 1. The number of amides is 1. The standard InChI is InChI=1S/C20H19FN2O5S/c1-27-13-12-22-29(25,26)17-8-6-16(7-9-17)23-20(24)19-11-10-18(28-19)14-2-4-15(21)5-3-14/h2-11,22H,12-13H2,1H3,(H,23,24). The SMILES string of the molecule is COCCNS(=O)(=O)c1ccc(NC(=O)c2ccc(-c3ccc(F)cc3)o2)cc1. The highest BCUT2D eigenvalue weighted by Gasteiger charge is 2.15. The molecule has 0 saturated heterocycles. The van der Waals surface area contributed by atoms with Gasteiger partial charge in [0.15, 0.2) is 5.76 Å². The van der Waals surface area contributed by atoms with Crippen molar-refractivity contribution in [3.8, 4) is 11.3 Å². The maximum Gasteiger partial charge on any atom is 0.291 e. The summed E-state index contributed by atoms with van der Waals surface area (Å²) in [6.07, 6.45) is 0. The zero-order chi connectivity index (χ0) is 20.9. The molecule has 1 heterocycles. The fraction of sp³-hybridized carbons (Fsp3) is 0.150. The molecule has 0 saturated carbocycles. The summed E-state index contributed by atoms with van der Waals surface area (Å²) in [5.74, 6) is -0.356. The maximum atomic E-state index is 13.0. The molecule has 1 aromatic heterocycles. The molecule has 7 nitrogen and oxygen atoms in total. The second kappa shape index (κ2) is 8.99. The summed E-state index contributed by atoms with van der Waals surface area (Å²) in [4.78, 5) is 12.4. The third-order valence-corrected chi connectivity index (χ3v) is 5.46. The average Bonchev–Trinajstić information content (AvgIpc) is 3.19. The van der Waals surface area contributed by atoms with Crippen LogP contribution in [0.15, 0.2) is 70.0 Å². The van der Waals surface area contributed by atoms with E-state index in [4.69, 9.17) is 9.15 Å². The van der Waals surface area contributed by atoms with Gasteiger partial charge in [-0.1, -0.05) is 0 Å². The maximum absolute atomic E-state index is 13.0. The molecule has 0 fully saturated rings. The number of benzene rings is 2. The second-order valence-corrected chi connectivity index (χ2v) is 7.81. The first-order valence-electron chi connectivity index (χ1n) is 8.65. The van der Waals surface area contributed by atoms with Gasteiger partial charge in [-0.05, 0) is 60.7 Å². The molecule has 0 unspecified atom stereocenters. The number of sulfonamides is 1. The van der Waals surface area contributed by atoms with Crippen molar-refractivity contribution in [2.75, 3.05) is 25.6 Å². The molecule has 0 radical (unpaired) electrons. The van der Waals surface area contributed by atoms with Gasteiger partial charge in [-0.3, -0.25) is 4.79 Å². The molecule has 3 rings (SSSR count). The van der Waals surface area contributed by atoms with Crippen LogP contribution < -0.4 is 10.0 Å². The van der Waals surface area contributed by atoms with Crippen LogP contribution in [0.25, 0.3) is 11.3 Å². The van der Waals surface area contributed by atoms with Crippen LogP contribution in [0.3, 0.4) is 0 Å². The van der Waals surface area contributed by atoms with Crippen molar-refractivity contribution >= 4 is 21.6 Å². The van der Waals surface area contributed by atoms with Crippen molar-refractivity contribution in [3.63, 3.8) is 0 Å². The van der Waals surface area contributed by atoms with Gasteiger partial charge in [-0.2, -0.15) is 0 Å². The van der Waals surface area contributed by atoms with E-state index >= 15 is 0 Å². The van der Waals surface area contributed by atoms with E-state index in [0.29, 0.717) is 17.0 Å². The van der Waals surface area contributed by atoms with Crippen LogP contribution in [0, 0.1) is 5.82 Å². The molecule has 152 valence electrons. The third kappa shape index (κ3) is 5.29. The van der Waals surface area contributed by atoms with Gasteiger partial charge in [0.05, 0.1) is 11.5 Å². The summed E-state index contributed by atoms with van der Waals surface area (Å²) < 4.78 is 50.0. The second-order valence-electron chi connectivity index (χ2n) is 6.04. The molecule has 0 bridgehead atoms. The first kappa shape index (κ1) is 20.7. The summed E-state index contributed by atoms with van der Waals surface area (Å²) in [7, 11) is -2.17. The minimum atomic E-state index is -3.65. The molecule has 1 amide bonds. The average molecular weight is 418 g/mol. The monoisotopic (exact) mass is 418 g/mol. The molecule has 0 aliphatic rings. The van der Waals surface area contributed by atoms with Gasteiger partial charge in [0.25, 0.3) is 5.91 Å². The largest absolute Gasteiger partial charge is 0.451 e. The molecule has 0 aliphatic carbocycles. The molecular weight excluding hydrogens is 399 g/mol. The number of carbonyl (C=O) groups is 1. The Bertz CT molecular complexity index is 1080. The number of nitrogens with one attached hydrogen (secondary N) is 2. The Hall–Kier alpha value is -3.01. The number of halogens is 1. The van der Waals surface area contributed by atoms with Crippen LogP contribution in [0.5, 0.6) is 0 Å². The predicted octanol–water partition coefficient (Wildman–Crippen LogP) is 3.26. The van der Waals surface area contributed by atoms with Crippen molar-refractivity contribution in [1.29, 1.82) is 0 Å². The quantitative estimate of drug-likeness (QED) is 0.547. The Morgan fingerprint density at radius 2 is 1.72 bits per heavy atom. The van der Waals surface area contributed by atoms with Crippen molar-refractivity contribution in [2.24, 2.45) is 0 Å². The van der Waals surface area contributed by atoms with E-state index < -0.39 is 15.9 Å². The summed E-state index contributed by atoms with van der Waals surface area (Å²) in [5, 5.41) is 2.64. The van der Waals surface area contributed by atoms with Crippen LogP contribution >= 0.6 is 0 Å². The van der Waals surface area contributed by atoms with Crippen LogP contribution in [0.1, 0.15) is 10.6 Å². The van der Waals surface area contributed by atoms with Crippen LogP contribution in [-0.2, 0) is 14.8 Å². The number of hydrogen-bond donors (Lipinski definition) is 2. The van der Waals surface area contributed by atoms with Crippen molar-refractivity contribution in [1.82, 2.24) is 4.72 Å². The van der Waals surface area contributed by atoms with Crippen molar-refractivity contribution < 1.29 is 26.8 Å². The van der Waals surface area contributed by atoms with Crippen molar-refractivity contribution in [3.05, 3.63) is 72.2 Å². The number of carbonyl (C=O) groups excluding carboxylic acids is 1. The number of furan rings is 1.